The lowest BCUT2D eigenvalue weighted by Gasteiger charge is -2.14. The average Bonchev–Trinajstić information content (AvgIpc) is 2.91. The molecule has 0 bridgehead atoms. The molecule has 1 heterocycles. The van der Waals surface area contributed by atoms with E-state index >= 15 is 0 Å². The van der Waals surface area contributed by atoms with E-state index in [9.17, 15) is 4.79 Å². The van der Waals surface area contributed by atoms with Crippen LogP contribution < -0.4 is 10.6 Å². The van der Waals surface area contributed by atoms with Gasteiger partial charge in [-0.15, -0.1) is 11.3 Å². The number of nitrogens with one attached hydrogen (secondary N) is 2. The van der Waals surface area contributed by atoms with Crippen molar-refractivity contribution in [2.75, 3.05) is 11.9 Å². The molecule has 1 aromatic carbocycles. The van der Waals surface area contributed by atoms with Crippen molar-refractivity contribution < 1.29 is 4.79 Å². The van der Waals surface area contributed by atoms with Crippen LogP contribution in [-0.2, 0) is 0 Å². The fraction of sp³-hybridized carbons (Fsp3) is 0.312. The highest BCUT2D eigenvalue weighted by Crippen LogP contribution is 2.29. The van der Waals surface area contributed by atoms with Crippen LogP contribution in [0, 0.1) is 0 Å². The van der Waals surface area contributed by atoms with Gasteiger partial charge in [-0.2, -0.15) is 0 Å². The van der Waals surface area contributed by atoms with Crippen molar-refractivity contribution in [3.05, 3.63) is 51.2 Å². The van der Waals surface area contributed by atoms with Crippen molar-refractivity contribution in [1.82, 2.24) is 5.32 Å². The first-order valence-electron chi connectivity index (χ1n) is 7.00. The van der Waals surface area contributed by atoms with Crippen LogP contribution in [-0.4, -0.2) is 12.5 Å². The maximum atomic E-state index is 12.0. The van der Waals surface area contributed by atoms with E-state index in [4.69, 9.17) is 11.6 Å². The molecular weight excluding hydrogens is 304 g/mol. The molecule has 1 unspecified atom stereocenters. The van der Waals surface area contributed by atoms with Crippen molar-refractivity contribution in [2.24, 2.45) is 0 Å². The molecule has 0 radical (unpaired) electrons. The van der Waals surface area contributed by atoms with Gasteiger partial charge in [-0.25, -0.2) is 0 Å². The number of amides is 1. The van der Waals surface area contributed by atoms with Crippen LogP contribution in [0.1, 0.15) is 41.5 Å². The molecule has 0 fully saturated rings. The Morgan fingerprint density at radius 3 is 2.81 bits per heavy atom. The molecule has 1 aromatic heterocycles. The highest BCUT2D eigenvalue weighted by atomic mass is 35.5. The van der Waals surface area contributed by atoms with Gasteiger partial charge in [-0.1, -0.05) is 24.6 Å². The van der Waals surface area contributed by atoms with E-state index in [0.29, 0.717) is 12.1 Å². The van der Waals surface area contributed by atoms with Crippen LogP contribution in [0.5, 0.6) is 0 Å². The third kappa shape index (κ3) is 4.48. The minimum Gasteiger partial charge on any atom is -0.378 e. The third-order valence-electron chi connectivity index (χ3n) is 3.06. The third-order valence-corrected chi connectivity index (χ3v) is 4.48. The summed E-state index contributed by atoms with van der Waals surface area (Å²) in [7, 11) is 0. The number of benzene rings is 1. The Labute approximate surface area is 134 Å². The SMILES string of the molecule is CCCNC(=O)c1cccc(NC(C)c2ccc(Cl)s2)c1. The first kappa shape index (κ1) is 15.9. The molecule has 0 saturated carbocycles. The Kier molecular flexibility index (Phi) is 5.65. The molecule has 2 rings (SSSR count). The van der Waals surface area contributed by atoms with Crippen molar-refractivity contribution >= 4 is 34.5 Å². The summed E-state index contributed by atoms with van der Waals surface area (Å²) in [4.78, 5) is 13.1. The number of hydrogen-bond donors (Lipinski definition) is 2. The van der Waals surface area contributed by atoms with E-state index in [0.717, 1.165) is 16.4 Å². The summed E-state index contributed by atoms with van der Waals surface area (Å²) in [6.45, 7) is 4.80. The Bertz CT molecular complexity index is 612. The lowest BCUT2D eigenvalue weighted by Crippen LogP contribution is -2.24. The molecule has 21 heavy (non-hydrogen) atoms. The second-order valence-corrected chi connectivity index (χ2v) is 6.59. The number of hydrogen-bond acceptors (Lipinski definition) is 3. The topological polar surface area (TPSA) is 41.1 Å². The number of carbonyl (C=O) groups is 1. The number of anilines is 1. The van der Waals surface area contributed by atoms with Crippen molar-refractivity contribution in [1.29, 1.82) is 0 Å². The lowest BCUT2D eigenvalue weighted by atomic mass is 10.1. The molecular formula is C16H19ClN2OS. The molecule has 0 aliphatic rings. The summed E-state index contributed by atoms with van der Waals surface area (Å²) in [5.41, 5.74) is 1.60. The predicted molar refractivity (Wildman–Crippen MR) is 90.4 cm³/mol. The maximum Gasteiger partial charge on any atom is 0.251 e. The van der Waals surface area contributed by atoms with Gasteiger partial charge in [0.05, 0.1) is 10.4 Å². The highest BCUT2D eigenvalue weighted by Gasteiger charge is 2.10. The summed E-state index contributed by atoms with van der Waals surface area (Å²) in [6, 6.07) is 11.6. The smallest absolute Gasteiger partial charge is 0.251 e. The fourth-order valence-corrected chi connectivity index (χ4v) is 3.04. The van der Waals surface area contributed by atoms with E-state index in [-0.39, 0.29) is 11.9 Å². The highest BCUT2D eigenvalue weighted by molar-refractivity contribution is 7.16. The number of carbonyl (C=O) groups excluding carboxylic acids is 1. The zero-order chi connectivity index (χ0) is 15.2. The molecule has 5 heteroatoms. The van der Waals surface area contributed by atoms with E-state index in [1.54, 1.807) is 11.3 Å². The number of thiophene rings is 1. The largest absolute Gasteiger partial charge is 0.378 e. The minimum atomic E-state index is -0.0349. The van der Waals surface area contributed by atoms with Crippen molar-refractivity contribution in [2.45, 2.75) is 26.3 Å². The van der Waals surface area contributed by atoms with Gasteiger partial charge in [0, 0.05) is 22.7 Å². The van der Waals surface area contributed by atoms with Crippen LogP contribution in [0.15, 0.2) is 36.4 Å². The molecule has 0 spiro atoms. The maximum absolute atomic E-state index is 12.0. The molecule has 112 valence electrons. The van der Waals surface area contributed by atoms with Crippen LogP contribution in [0.2, 0.25) is 4.34 Å². The zero-order valence-corrected chi connectivity index (χ0v) is 13.7. The molecule has 2 aromatic rings. The predicted octanol–water partition coefficient (Wildman–Crippen LogP) is 4.71. The zero-order valence-electron chi connectivity index (χ0n) is 12.2. The van der Waals surface area contributed by atoms with Gasteiger partial charge in [0.15, 0.2) is 0 Å². The second-order valence-electron chi connectivity index (χ2n) is 4.84. The molecule has 1 atom stereocenters. The van der Waals surface area contributed by atoms with Gasteiger partial charge in [0.1, 0.15) is 0 Å². The molecule has 2 N–H and O–H groups in total. The fourth-order valence-electron chi connectivity index (χ4n) is 1.97. The quantitative estimate of drug-likeness (QED) is 0.808. The van der Waals surface area contributed by atoms with Gasteiger partial charge in [-0.05, 0) is 43.7 Å². The first-order valence-corrected chi connectivity index (χ1v) is 8.19. The van der Waals surface area contributed by atoms with Gasteiger partial charge in [-0.3, -0.25) is 4.79 Å². The summed E-state index contributed by atoms with van der Waals surface area (Å²) in [5, 5.41) is 6.28. The Morgan fingerprint density at radius 2 is 2.14 bits per heavy atom. The van der Waals surface area contributed by atoms with Gasteiger partial charge < -0.3 is 10.6 Å². The summed E-state index contributed by atoms with van der Waals surface area (Å²) >= 11 is 7.52. The van der Waals surface area contributed by atoms with Crippen LogP contribution in [0.3, 0.4) is 0 Å². The molecule has 3 nitrogen and oxygen atoms in total. The normalized spacial score (nSPS) is 12.0. The molecule has 0 aliphatic heterocycles. The van der Waals surface area contributed by atoms with Crippen molar-refractivity contribution in [3.63, 3.8) is 0 Å². The molecule has 1 amide bonds. The Hall–Kier alpha value is -1.52. The van der Waals surface area contributed by atoms with E-state index in [1.165, 1.54) is 4.88 Å². The van der Waals surface area contributed by atoms with E-state index in [2.05, 4.69) is 17.6 Å². The minimum absolute atomic E-state index is 0.0349. The van der Waals surface area contributed by atoms with Crippen molar-refractivity contribution in [3.8, 4) is 0 Å². The van der Waals surface area contributed by atoms with Crippen LogP contribution >= 0.6 is 22.9 Å². The van der Waals surface area contributed by atoms with Gasteiger partial charge in [0.2, 0.25) is 0 Å². The average molecular weight is 323 g/mol. The number of halogens is 1. The van der Waals surface area contributed by atoms with E-state index in [1.807, 2.05) is 43.3 Å². The van der Waals surface area contributed by atoms with Crippen LogP contribution in [0.25, 0.3) is 0 Å². The van der Waals surface area contributed by atoms with Gasteiger partial charge >= 0.3 is 0 Å². The lowest BCUT2D eigenvalue weighted by molar-refractivity contribution is 0.0953. The summed E-state index contributed by atoms with van der Waals surface area (Å²) in [6.07, 6.45) is 0.930. The van der Waals surface area contributed by atoms with Crippen LogP contribution in [0.4, 0.5) is 5.69 Å². The Balaban J connectivity index is 2.05. The van der Waals surface area contributed by atoms with E-state index < -0.39 is 0 Å². The number of rotatable bonds is 6. The molecule has 0 aliphatic carbocycles. The summed E-state index contributed by atoms with van der Waals surface area (Å²) in [5.74, 6) is -0.0349. The first-order chi connectivity index (χ1) is 10.1. The molecule has 0 saturated heterocycles. The Morgan fingerprint density at radius 1 is 1.33 bits per heavy atom. The second kappa shape index (κ2) is 7.48. The summed E-state index contributed by atoms with van der Waals surface area (Å²) < 4.78 is 0.784. The van der Waals surface area contributed by atoms with Gasteiger partial charge in [0.25, 0.3) is 5.91 Å². The standard InChI is InChI=1S/C16H19ClN2OS/c1-3-9-18-16(20)12-5-4-6-13(10-12)19-11(2)14-7-8-15(17)21-14/h4-8,10-11,19H,3,9H2,1-2H3,(H,18,20). The monoisotopic (exact) mass is 322 g/mol.